The molecule has 1 atom stereocenters. The third kappa shape index (κ3) is 10.1. The van der Waals surface area contributed by atoms with E-state index < -0.39 is 11.2 Å². The van der Waals surface area contributed by atoms with Crippen molar-refractivity contribution in [1.82, 2.24) is 9.55 Å². The smallest absolute Gasteiger partial charge is 0.248 e. The second-order valence-corrected chi connectivity index (χ2v) is 11.8. The SMILES string of the molecule is CCCCOCCOc1ccc(-c2cc(C)cc(/C=C/C(=O)Nc3ccc([S+]([O-])Cc4cncn4CCC)cc3)c2)cc1. The molecule has 1 amide bonds. The standard InChI is InChI=1S/C35H41N3O4S/c1-4-6-18-41-19-20-42-33-12-8-29(9-13-33)30-22-27(3)21-28(23-30)7-16-35(39)37-31-10-14-34(15-11-31)43(40)25-32-24-36-26-38(32)17-5-2/h7-16,21-24,26H,4-6,17-20,25H2,1-3H3,(H,37,39)/b16-7+. The van der Waals surface area contributed by atoms with E-state index in [1.807, 2.05) is 47.9 Å². The van der Waals surface area contributed by atoms with E-state index in [0.717, 1.165) is 66.1 Å². The summed E-state index contributed by atoms with van der Waals surface area (Å²) in [5.41, 5.74) is 5.77. The van der Waals surface area contributed by atoms with Gasteiger partial charge < -0.3 is 23.9 Å². The number of carbonyl (C=O) groups excluding carboxylic acids is 1. The van der Waals surface area contributed by atoms with Gasteiger partial charge in [0.1, 0.15) is 12.4 Å². The van der Waals surface area contributed by atoms with Crippen molar-refractivity contribution in [1.29, 1.82) is 0 Å². The first-order valence-corrected chi connectivity index (χ1v) is 16.2. The minimum Gasteiger partial charge on any atom is -0.611 e. The molecule has 4 aromatic rings. The quantitative estimate of drug-likeness (QED) is 0.0822. The second kappa shape index (κ2) is 16.7. The number of anilines is 1. The van der Waals surface area contributed by atoms with Crippen molar-refractivity contribution in [3.8, 4) is 16.9 Å². The van der Waals surface area contributed by atoms with Gasteiger partial charge >= 0.3 is 0 Å². The van der Waals surface area contributed by atoms with Crippen LogP contribution in [0.25, 0.3) is 17.2 Å². The first-order chi connectivity index (χ1) is 20.9. The van der Waals surface area contributed by atoms with Gasteiger partial charge in [-0.3, -0.25) is 4.79 Å². The third-order valence-corrected chi connectivity index (χ3v) is 8.14. The van der Waals surface area contributed by atoms with Crippen molar-refractivity contribution in [3.63, 3.8) is 0 Å². The lowest BCUT2D eigenvalue weighted by atomic mass is 10.00. The number of unbranched alkanes of at least 4 members (excludes halogenated alkanes) is 1. The summed E-state index contributed by atoms with van der Waals surface area (Å²) in [6, 6.07) is 21.4. The fourth-order valence-corrected chi connectivity index (χ4v) is 5.68. The number of aryl methyl sites for hydroxylation is 2. The van der Waals surface area contributed by atoms with Gasteiger partial charge in [0.05, 0.1) is 24.8 Å². The van der Waals surface area contributed by atoms with Gasteiger partial charge in [0.2, 0.25) is 5.91 Å². The lowest BCUT2D eigenvalue weighted by Gasteiger charge is -2.12. The predicted molar refractivity (Wildman–Crippen MR) is 175 cm³/mol. The Labute approximate surface area is 258 Å². The topological polar surface area (TPSA) is 88.4 Å². The molecule has 0 saturated carbocycles. The second-order valence-electron chi connectivity index (χ2n) is 10.4. The van der Waals surface area contributed by atoms with E-state index in [1.165, 1.54) is 6.08 Å². The Morgan fingerprint density at radius 1 is 0.977 bits per heavy atom. The summed E-state index contributed by atoms with van der Waals surface area (Å²) in [5, 5.41) is 2.89. The van der Waals surface area contributed by atoms with Crippen molar-refractivity contribution in [2.75, 3.05) is 25.1 Å². The Balaban J connectivity index is 1.30. The molecular weight excluding hydrogens is 558 g/mol. The van der Waals surface area contributed by atoms with Gasteiger partial charge in [-0.2, -0.15) is 0 Å². The molecule has 4 rings (SSSR count). The van der Waals surface area contributed by atoms with Crippen molar-refractivity contribution >= 4 is 28.8 Å². The first kappa shape index (κ1) is 32.1. The van der Waals surface area contributed by atoms with E-state index in [2.05, 4.69) is 36.3 Å². The summed E-state index contributed by atoms with van der Waals surface area (Å²) in [6.45, 7) is 9.03. The highest BCUT2D eigenvalue weighted by atomic mass is 32.2. The average molecular weight is 600 g/mol. The first-order valence-electron chi connectivity index (χ1n) is 14.8. The van der Waals surface area contributed by atoms with Gasteiger partial charge in [0, 0.05) is 24.9 Å². The summed E-state index contributed by atoms with van der Waals surface area (Å²) in [4.78, 5) is 17.6. The van der Waals surface area contributed by atoms with E-state index >= 15 is 0 Å². The van der Waals surface area contributed by atoms with Crippen LogP contribution < -0.4 is 10.1 Å². The molecule has 0 radical (unpaired) electrons. The van der Waals surface area contributed by atoms with Gasteiger partial charge in [-0.15, -0.1) is 0 Å². The average Bonchev–Trinajstić information content (AvgIpc) is 3.44. The number of rotatable bonds is 16. The lowest BCUT2D eigenvalue weighted by molar-refractivity contribution is -0.111. The molecule has 1 heterocycles. The van der Waals surface area contributed by atoms with Crippen molar-refractivity contribution in [2.45, 2.75) is 57.2 Å². The number of carbonyl (C=O) groups is 1. The highest BCUT2D eigenvalue weighted by Gasteiger charge is 2.15. The highest BCUT2D eigenvalue weighted by molar-refractivity contribution is 7.90. The van der Waals surface area contributed by atoms with Crippen molar-refractivity contribution < 1.29 is 18.8 Å². The zero-order valence-corrected chi connectivity index (χ0v) is 26.1. The molecule has 1 aromatic heterocycles. The number of nitrogens with zero attached hydrogens (tertiary/aromatic N) is 2. The molecule has 0 aliphatic carbocycles. The van der Waals surface area contributed by atoms with Gasteiger partial charge in [0.15, 0.2) is 10.6 Å². The largest absolute Gasteiger partial charge is 0.611 e. The molecule has 7 nitrogen and oxygen atoms in total. The van der Waals surface area contributed by atoms with Gasteiger partial charge in [-0.1, -0.05) is 44.5 Å². The monoisotopic (exact) mass is 599 g/mol. The molecule has 0 spiro atoms. The number of hydrogen-bond donors (Lipinski definition) is 1. The number of amides is 1. The minimum absolute atomic E-state index is 0.236. The molecule has 0 saturated heterocycles. The van der Waals surface area contributed by atoms with E-state index in [1.54, 1.807) is 36.8 Å². The number of aromatic nitrogens is 2. The van der Waals surface area contributed by atoms with E-state index in [0.29, 0.717) is 29.5 Å². The minimum atomic E-state index is -1.20. The molecular formula is C35H41N3O4S. The fourth-order valence-electron chi connectivity index (χ4n) is 4.56. The molecule has 43 heavy (non-hydrogen) atoms. The van der Waals surface area contributed by atoms with Gasteiger partial charge in [-0.05, 0) is 102 Å². The molecule has 226 valence electrons. The lowest BCUT2D eigenvalue weighted by Crippen LogP contribution is -2.11. The number of ether oxygens (including phenoxy) is 2. The number of nitrogens with one attached hydrogen (secondary N) is 1. The summed E-state index contributed by atoms with van der Waals surface area (Å²) in [7, 11) is 0. The Kier molecular flexibility index (Phi) is 12.5. The fraction of sp³-hybridized carbons (Fsp3) is 0.314. The normalized spacial score (nSPS) is 12.0. The molecule has 8 heteroatoms. The van der Waals surface area contributed by atoms with Crippen LogP contribution in [0, 0.1) is 6.92 Å². The van der Waals surface area contributed by atoms with Crippen LogP contribution in [0.5, 0.6) is 5.75 Å². The molecule has 3 aromatic carbocycles. The van der Waals surface area contributed by atoms with Crippen LogP contribution >= 0.6 is 0 Å². The summed E-state index contributed by atoms with van der Waals surface area (Å²) < 4.78 is 26.3. The van der Waals surface area contributed by atoms with E-state index in [-0.39, 0.29) is 5.91 Å². The van der Waals surface area contributed by atoms with Crippen LogP contribution in [0.15, 0.2) is 90.2 Å². The molecule has 0 aliphatic heterocycles. The summed E-state index contributed by atoms with van der Waals surface area (Å²) in [5.74, 6) is 0.978. The van der Waals surface area contributed by atoms with Gasteiger partial charge in [-0.25, -0.2) is 4.98 Å². The highest BCUT2D eigenvalue weighted by Crippen LogP contribution is 2.26. The Morgan fingerprint density at radius 3 is 2.51 bits per heavy atom. The van der Waals surface area contributed by atoms with Crippen LogP contribution in [-0.2, 0) is 33.0 Å². The molecule has 0 bridgehead atoms. The van der Waals surface area contributed by atoms with Crippen LogP contribution in [0.1, 0.15) is 49.9 Å². The third-order valence-electron chi connectivity index (χ3n) is 6.78. The Bertz CT molecular complexity index is 1470. The van der Waals surface area contributed by atoms with Crippen LogP contribution in [0.3, 0.4) is 0 Å². The van der Waals surface area contributed by atoms with E-state index in [4.69, 9.17) is 9.47 Å². The van der Waals surface area contributed by atoms with Gasteiger partial charge in [0.25, 0.3) is 0 Å². The Hall–Kier alpha value is -3.85. The molecule has 1 N–H and O–H groups in total. The Morgan fingerprint density at radius 2 is 1.77 bits per heavy atom. The predicted octanol–water partition coefficient (Wildman–Crippen LogP) is 7.42. The maximum absolute atomic E-state index is 12.9. The molecule has 0 aliphatic rings. The summed E-state index contributed by atoms with van der Waals surface area (Å²) in [6.07, 6.45) is 10.1. The van der Waals surface area contributed by atoms with Crippen molar-refractivity contribution in [3.05, 3.63) is 102 Å². The number of hydrogen-bond acceptors (Lipinski definition) is 5. The van der Waals surface area contributed by atoms with Crippen molar-refractivity contribution in [2.24, 2.45) is 0 Å². The maximum Gasteiger partial charge on any atom is 0.248 e. The van der Waals surface area contributed by atoms with E-state index in [9.17, 15) is 9.35 Å². The number of imidazole rings is 1. The molecule has 1 unspecified atom stereocenters. The summed E-state index contributed by atoms with van der Waals surface area (Å²) >= 11 is -1.20. The molecule has 0 fully saturated rings. The number of benzene rings is 3. The zero-order chi connectivity index (χ0) is 30.4. The zero-order valence-electron chi connectivity index (χ0n) is 25.3. The van der Waals surface area contributed by atoms with Crippen LogP contribution in [-0.4, -0.2) is 39.8 Å². The van der Waals surface area contributed by atoms with Crippen LogP contribution in [0.2, 0.25) is 0 Å². The van der Waals surface area contributed by atoms with Crippen LogP contribution in [0.4, 0.5) is 5.69 Å². The maximum atomic E-state index is 12.9.